The normalized spacial score (nSPS) is 36.7. The molecule has 2 unspecified atom stereocenters. The van der Waals surface area contributed by atoms with Crippen molar-refractivity contribution in [1.82, 2.24) is 0 Å². The highest BCUT2D eigenvalue weighted by Gasteiger charge is 2.18. The van der Waals surface area contributed by atoms with Gasteiger partial charge in [0.2, 0.25) is 0 Å². The molecule has 9 heavy (non-hydrogen) atoms. The molecule has 0 heterocycles. The molecule has 0 nitrogen and oxygen atoms in total. The van der Waals surface area contributed by atoms with Crippen molar-refractivity contribution in [2.75, 3.05) is 0 Å². The summed E-state index contributed by atoms with van der Waals surface area (Å²) in [4.78, 5) is 0. The van der Waals surface area contributed by atoms with E-state index in [0.717, 1.165) is 11.8 Å². The average molecular weight is 125 g/mol. The van der Waals surface area contributed by atoms with Crippen molar-refractivity contribution in [3.63, 3.8) is 0 Å². The lowest BCUT2D eigenvalue weighted by molar-refractivity contribution is 0.314. The molecule has 0 aromatic heterocycles. The zero-order valence-electron chi connectivity index (χ0n) is 6.56. The summed E-state index contributed by atoms with van der Waals surface area (Å²) in [5, 5.41) is 0. The second-order valence-electron chi connectivity index (χ2n) is 3.22. The van der Waals surface area contributed by atoms with Crippen molar-refractivity contribution < 1.29 is 0 Å². The summed E-state index contributed by atoms with van der Waals surface area (Å²) in [5.74, 6) is 1.89. The van der Waals surface area contributed by atoms with E-state index >= 15 is 0 Å². The number of rotatable bonds is 1. The van der Waals surface area contributed by atoms with Crippen LogP contribution in [0.5, 0.6) is 0 Å². The Labute approximate surface area is 58.7 Å². The summed E-state index contributed by atoms with van der Waals surface area (Å²) in [6.45, 7) is 4.67. The molecule has 53 valence electrons. The molecule has 1 rings (SSSR count). The third kappa shape index (κ3) is 1.70. The van der Waals surface area contributed by atoms with E-state index in [4.69, 9.17) is 0 Å². The average Bonchev–Trinajstić information content (AvgIpc) is 1.89. The van der Waals surface area contributed by atoms with Crippen LogP contribution in [0.15, 0.2) is 0 Å². The summed E-state index contributed by atoms with van der Waals surface area (Å²) in [7, 11) is 0. The van der Waals surface area contributed by atoms with E-state index in [1.165, 1.54) is 25.7 Å². The Kier molecular flexibility index (Phi) is 2.56. The molecule has 2 atom stereocenters. The molecule has 1 aliphatic rings. The standard InChI is InChI=1S/C9H17/c1-3-9-7-5-4-6-8(9)2/h7-9H,3-6H2,1-2H3. The fraction of sp³-hybridized carbons (Fsp3) is 0.889. The van der Waals surface area contributed by atoms with Crippen LogP contribution in [0.4, 0.5) is 0 Å². The SMILES string of the molecule is CCC1[CH]CCCC1C. The van der Waals surface area contributed by atoms with Crippen molar-refractivity contribution in [2.45, 2.75) is 39.5 Å². The molecule has 0 aromatic carbocycles. The summed E-state index contributed by atoms with van der Waals surface area (Å²) in [6, 6.07) is 0. The predicted octanol–water partition coefficient (Wildman–Crippen LogP) is 3.04. The lowest BCUT2D eigenvalue weighted by atomic mass is 9.79. The minimum atomic E-state index is 0.929. The van der Waals surface area contributed by atoms with Crippen LogP contribution in [0.25, 0.3) is 0 Å². The molecule has 1 aliphatic carbocycles. The van der Waals surface area contributed by atoms with E-state index in [-0.39, 0.29) is 0 Å². The lowest BCUT2D eigenvalue weighted by Gasteiger charge is -2.26. The quantitative estimate of drug-likeness (QED) is 0.505. The van der Waals surface area contributed by atoms with E-state index in [9.17, 15) is 0 Å². The van der Waals surface area contributed by atoms with Gasteiger partial charge in [-0.15, -0.1) is 0 Å². The summed E-state index contributed by atoms with van der Waals surface area (Å²) in [5.41, 5.74) is 0. The third-order valence-corrected chi connectivity index (χ3v) is 2.54. The van der Waals surface area contributed by atoms with Crippen molar-refractivity contribution >= 4 is 0 Å². The van der Waals surface area contributed by atoms with Crippen molar-refractivity contribution in [1.29, 1.82) is 0 Å². The van der Waals surface area contributed by atoms with Gasteiger partial charge in [-0.25, -0.2) is 0 Å². The molecule has 0 heteroatoms. The Hall–Kier alpha value is 0. The maximum Gasteiger partial charge on any atom is -0.0352 e. The van der Waals surface area contributed by atoms with E-state index in [1.807, 2.05) is 0 Å². The largest absolute Gasteiger partial charge is 0.0651 e. The molecule has 0 spiro atoms. The molecule has 0 aliphatic heterocycles. The highest BCUT2D eigenvalue weighted by atomic mass is 14.2. The van der Waals surface area contributed by atoms with Gasteiger partial charge >= 0.3 is 0 Å². The van der Waals surface area contributed by atoms with Gasteiger partial charge in [-0.3, -0.25) is 0 Å². The molecular weight excluding hydrogens is 108 g/mol. The van der Waals surface area contributed by atoms with Crippen LogP contribution in [-0.4, -0.2) is 0 Å². The van der Waals surface area contributed by atoms with E-state index in [2.05, 4.69) is 20.3 Å². The molecule has 0 saturated heterocycles. The Morgan fingerprint density at radius 1 is 1.56 bits per heavy atom. The minimum absolute atomic E-state index is 0.929. The van der Waals surface area contributed by atoms with Crippen LogP contribution in [0.3, 0.4) is 0 Å². The van der Waals surface area contributed by atoms with Crippen LogP contribution >= 0.6 is 0 Å². The molecule has 0 bridgehead atoms. The minimum Gasteiger partial charge on any atom is -0.0651 e. The van der Waals surface area contributed by atoms with E-state index in [1.54, 1.807) is 0 Å². The monoisotopic (exact) mass is 125 g/mol. The van der Waals surface area contributed by atoms with Crippen molar-refractivity contribution in [2.24, 2.45) is 11.8 Å². The topological polar surface area (TPSA) is 0 Å². The summed E-state index contributed by atoms with van der Waals surface area (Å²) in [6.07, 6.45) is 8.10. The Morgan fingerprint density at radius 2 is 2.33 bits per heavy atom. The zero-order chi connectivity index (χ0) is 6.69. The van der Waals surface area contributed by atoms with Crippen LogP contribution in [0.2, 0.25) is 0 Å². The lowest BCUT2D eigenvalue weighted by Crippen LogP contribution is -2.15. The van der Waals surface area contributed by atoms with Crippen molar-refractivity contribution in [3.05, 3.63) is 6.42 Å². The molecule has 0 aromatic rings. The fourth-order valence-corrected chi connectivity index (χ4v) is 1.79. The van der Waals surface area contributed by atoms with Gasteiger partial charge in [0, 0.05) is 0 Å². The van der Waals surface area contributed by atoms with Crippen LogP contribution in [0, 0.1) is 18.3 Å². The maximum atomic E-state index is 2.51. The van der Waals surface area contributed by atoms with Gasteiger partial charge in [0.25, 0.3) is 0 Å². The summed E-state index contributed by atoms with van der Waals surface area (Å²) >= 11 is 0. The van der Waals surface area contributed by atoms with E-state index in [0.29, 0.717) is 0 Å². The first kappa shape index (κ1) is 7.11. The van der Waals surface area contributed by atoms with Gasteiger partial charge in [0.1, 0.15) is 0 Å². The summed E-state index contributed by atoms with van der Waals surface area (Å²) < 4.78 is 0. The molecule has 1 fully saturated rings. The highest BCUT2D eigenvalue weighted by molar-refractivity contribution is 4.83. The molecule has 0 amide bonds. The van der Waals surface area contributed by atoms with Gasteiger partial charge < -0.3 is 0 Å². The maximum absolute atomic E-state index is 2.51. The van der Waals surface area contributed by atoms with E-state index < -0.39 is 0 Å². The predicted molar refractivity (Wildman–Crippen MR) is 41.1 cm³/mol. The first-order chi connectivity index (χ1) is 4.34. The third-order valence-electron chi connectivity index (χ3n) is 2.54. The molecule has 1 saturated carbocycles. The first-order valence-electron chi connectivity index (χ1n) is 4.18. The number of hydrogen-bond acceptors (Lipinski definition) is 0. The highest BCUT2D eigenvalue weighted by Crippen LogP contribution is 2.30. The van der Waals surface area contributed by atoms with Gasteiger partial charge in [0.05, 0.1) is 0 Å². The van der Waals surface area contributed by atoms with Crippen molar-refractivity contribution in [3.8, 4) is 0 Å². The second kappa shape index (κ2) is 3.24. The smallest absolute Gasteiger partial charge is 0.0352 e. The Bertz CT molecular complexity index is 76.1. The van der Waals surface area contributed by atoms with Gasteiger partial charge in [-0.05, 0) is 24.7 Å². The second-order valence-corrected chi connectivity index (χ2v) is 3.22. The van der Waals surface area contributed by atoms with Gasteiger partial charge in [0.15, 0.2) is 0 Å². The molecular formula is C9H17. The zero-order valence-corrected chi connectivity index (χ0v) is 6.56. The van der Waals surface area contributed by atoms with Gasteiger partial charge in [-0.1, -0.05) is 33.1 Å². The Morgan fingerprint density at radius 3 is 2.78 bits per heavy atom. The molecule has 1 radical (unpaired) electrons. The van der Waals surface area contributed by atoms with Crippen LogP contribution < -0.4 is 0 Å². The van der Waals surface area contributed by atoms with Crippen LogP contribution in [-0.2, 0) is 0 Å². The molecule has 0 N–H and O–H groups in total. The Balaban J connectivity index is 2.30. The number of hydrogen-bond donors (Lipinski definition) is 0. The van der Waals surface area contributed by atoms with Gasteiger partial charge in [-0.2, -0.15) is 0 Å². The first-order valence-corrected chi connectivity index (χ1v) is 4.18. The van der Waals surface area contributed by atoms with Crippen LogP contribution in [0.1, 0.15) is 39.5 Å². The fourth-order valence-electron chi connectivity index (χ4n) is 1.79.